The summed E-state index contributed by atoms with van der Waals surface area (Å²) in [6, 6.07) is 66.4. The fourth-order valence-corrected chi connectivity index (χ4v) is 12.3. The summed E-state index contributed by atoms with van der Waals surface area (Å²) in [4.78, 5) is 8.95. The molecule has 2 nitrogen and oxygen atoms in total. The predicted molar refractivity (Wildman–Crippen MR) is 246 cm³/mol. The average molecular weight is 769 g/mol. The van der Waals surface area contributed by atoms with Crippen molar-refractivity contribution in [3.8, 4) is 78.1 Å². The molecule has 0 saturated heterocycles. The van der Waals surface area contributed by atoms with Crippen LogP contribution in [0, 0.1) is 30.2 Å². The van der Waals surface area contributed by atoms with Crippen molar-refractivity contribution in [2.45, 2.75) is 37.5 Å². The van der Waals surface area contributed by atoms with Crippen molar-refractivity contribution >= 4 is 5.69 Å². The van der Waals surface area contributed by atoms with E-state index in [1.807, 2.05) is 18.2 Å². The third-order valence-corrected chi connectivity index (χ3v) is 14.7. The molecule has 1 heterocycles. The van der Waals surface area contributed by atoms with E-state index >= 15 is 0 Å². The van der Waals surface area contributed by atoms with Gasteiger partial charge in [0.05, 0.1) is 18.0 Å². The van der Waals surface area contributed by atoms with Crippen molar-refractivity contribution in [2.75, 3.05) is 0 Å². The zero-order valence-corrected chi connectivity index (χ0v) is 33.6. The second kappa shape index (κ2) is 13.9. The molecule has 0 unspecified atom stereocenters. The number of pyridine rings is 1. The second-order valence-corrected chi connectivity index (χ2v) is 17.8. The molecule has 4 fully saturated rings. The smallest absolute Gasteiger partial charge is 0.194 e. The van der Waals surface area contributed by atoms with E-state index in [4.69, 9.17) is 11.6 Å². The average Bonchev–Trinajstić information content (AvgIpc) is 3.60. The fourth-order valence-electron chi connectivity index (χ4n) is 12.3. The van der Waals surface area contributed by atoms with Gasteiger partial charge < -0.3 is 0 Å². The molecule has 60 heavy (non-hydrogen) atoms. The number of benzene rings is 7. The first kappa shape index (κ1) is 35.2. The minimum absolute atomic E-state index is 0.0382. The Balaban J connectivity index is 0.957. The van der Waals surface area contributed by atoms with E-state index in [1.54, 1.807) is 11.1 Å². The van der Waals surface area contributed by atoms with Crippen LogP contribution in [-0.4, -0.2) is 4.98 Å². The van der Waals surface area contributed by atoms with E-state index in [2.05, 4.69) is 169 Å². The highest BCUT2D eigenvalue weighted by Gasteiger charge is 2.61. The molecule has 5 aliphatic carbocycles. The van der Waals surface area contributed by atoms with E-state index < -0.39 is 0 Å². The molecule has 0 N–H and O–H groups in total. The molecule has 0 aliphatic heterocycles. The largest absolute Gasteiger partial charge is 0.248 e. The van der Waals surface area contributed by atoms with Crippen LogP contribution >= 0.6 is 0 Å². The topological polar surface area (TPSA) is 17.2 Å². The Kier molecular flexibility index (Phi) is 8.14. The summed E-state index contributed by atoms with van der Waals surface area (Å²) >= 11 is 0. The molecular weight excluding hydrogens is 725 g/mol. The monoisotopic (exact) mass is 768 g/mol. The maximum absolute atomic E-state index is 7.70. The predicted octanol–water partition coefficient (Wildman–Crippen LogP) is 15.4. The van der Waals surface area contributed by atoms with Crippen LogP contribution < -0.4 is 0 Å². The van der Waals surface area contributed by atoms with Crippen LogP contribution in [0.25, 0.3) is 83.0 Å². The summed E-state index contributed by atoms with van der Waals surface area (Å²) in [6.45, 7) is 7.70. The molecule has 0 atom stereocenters. The highest BCUT2D eigenvalue weighted by Crippen LogP contribution is 2.69. The summed E-state index contributed by atoms with van der Waals surface area (Å²) in [6.07, 6.45) is 6.83. The highest BCUT2D eigenvalue weighted by atomic mass is 14.7. The van der Waals surface area contributed by atoms with Crippen molar-refractivity contribution in [1.29, 1.82) is 0 Å². The van der Waals surface area contributed by atoms with Crippen LogP contribution in [0.3, 0.4) is 0 Å². The van der Waals surface area contributed by atoms with Crippen LogP contribution in [0.2, 0.25) is 0 Å². The molecule has 286 valence electrons. The van der Waals surface area contributed by atoms with Crippen molar-refractivity contribution in [3.05, 3.63) is 205 Å². The maximum atomic E-state index is 7.70. The number of fused-ring (bicyclic) bond motifs is 3. The Morgan fingerprint density at radius 1 is 0.383 bits per heavy atom. The van der Waals surface area contributed by atoms with Gasteiger partial charge in [-0.2, -0.15) is 0 Å². The van der Waals surface area contributed by atoms with Gasteiger partial charge >= 0.3 is 0 Å². The lowest BCUT2D eigenvalue weighted by Crippen LogP contribution is -2.55. The van der Waals surface area contributed by atoms with Gasteiger partial charge in [-0.15, -0.1) is 0 Å². The fraction of sp³-hybridized carbons (Fsp3) is 0.172. The molecule has 2 heteroatoms. The Morgan fingerprint density at radius 3 is 1.43 bits per heavy atom. The molecular formula is C58H44N2. The molecule has 8 aromatic rings. The lowest BCUT2D eigenvalue weighted by Gasteiger charge is -2.61. The Bertz CT molecular complexity index is 2900. The second-order valence-electron chi connectivity index (χ2n) is 17.8. The van der Waals surface area contributed by atoms with Crippen molar-refractivity contribution in [2.24, 2.45) is 23.7 Å². The minimum Gasteiger partial charge on any atom is -0.248 e. The maximum Gasteiger partial charge on any atom is 0.194 e. The molecule has 7 aromatic carbocycles. The van der Waals surface area contributed by atoms with Gasteiger partial charge in [0, 0.05) is 16.5 Å². The Labute approximate surface area is 353 Å². The van der Waals surface area contributed by atoms with Crippen LogP contribution in [0.4, 0.5) is 5.69 Å². The summed E-state index contributed by atoms with van der Waals surface area (Å²) < 4.78 is 0. The molecule has 0 radical (unpaired) electrons. The third kappa shape index (κ3) is 5.56. The normalized spacial score (nSPS) is 21.7. The van der Waals surface area contributed by atoms with Crippen LogP contribution in [0.1, 0.15) is 43.2 Å². The summed E-state index contributed by atoms with van der Waals surface area (Å²) in [7, 11) is 0. The van der Waals surface area contributed by atoms with Gasteiger partial charge in [0.2, 0.25) is 0 Å². The van der Waals surface area contributed by atoms with Gasteiger partial charge in [-0.1, -0.05) is 152 Å². The van der Waals surface area contributed by atoms with Gasteiger partial charge in [0.1, 0.15) is 0 Å². The molecule has 13 rings (SSSR count). The van der Waals surface area contributed by atoms with E-state index in [0.29, 0.717) is 17.5 Å². The summed E-state index contributed by atoms with van der Waals surface area (Å²) in [5.41, 5.74) is 20.5. The quantitative estimate of drug-likeness (QED) is 0.154. The van der Waals surface area contributed by atoms with Gasteiger partial charge in [-0.3, -0.25) is 0 Å². The van der Waals surface area contributed by atoms with E-state index in [-0.39, 0.29) is 5.41 Å². The van der Waals surface area contributed by atoms with Gasteiger partial charge in [0.25, 0.3) is 0 Å². The van der Waals surface area contributed by atoms with Crippen LogP contribution in [-0.2, 0) is 5.41 Å². The number of aromatic nitrogens is 1. The van der Waals surface area contributed by atoms with Gasteiger partial charge in [-0.05, 0) is 153 Å². The molecule has 0 amide bonds. The highest BCUT2D eigenvalue weighted by molar-refractivity contribution is 5.88. The third-order valence-electron chi connectivity index (χ3n) is 14.7. The Morgan fingerprint density at radius 2 is 0.850 bits per heavy atom. The van der Waals surface area contributed by atoms with E-state index in [9.17, 15) is 0 Å². The number of para-hydroxylation sites is 1. The number of hydrogen-bond acceptors (Lipinski definition) is 1. The van der Waals surface area contributed by atoms with E-state index in [1.165, 1.54) is 76.6 Å². The van der Waals surface area contributed by atoms with Crippen LogP contribution in [0.5, 0.6) is 0 Å². The molecule has 5 aliphatic rings. The molecule has 1 aromatic heterocycles. The molecule has 4 saturated carbocycles. The van der Waals surface area contributed by atoms with E-state index in [0.717, 1.165) is 45.5 Å². The summed E-state index contributed by atoms with van der Waals surface area (Å²) in [5, 5.41) is 0. The number of rotatable bonds is 6. The van der Waals surface area contributed by atoms with Crippen molar-refractivity contribution in [3.63, 3.8) is 0 Å². The number of nitrogens with zero attached hydrogens (tertiary/aromatic N) is 2. The standard InChI is InChI=1S/C58H44N2/c1-59-55-18-9-8-17-50(55)40-21-19-39(20-22-40)45-23-25-51-52-26-24-46(34-54(52)58(53(51)33-45)48-28-37-27-38(30-48)31-49(58)29-37)43-15-10-16-44(32-43)47-35-56(41-11-4-2-5-12-41)60-57(36-47)42-13-6-3-7-14-42/h2-26,32-38,48-49H,27-31H2. The zero-order valence-electron chi connectivity index (χ0n) is 33.6. The minimum atomic E-state index is 0.0382. The molecule has 1 spiro atoms. The summed E-state index contributed by atoms with van der Waals surface area (Å²) in [5.74, 6) is 3.09. The van der Waals surface area contributed by atoms with Crippen molar-refractivity contribution in [1.82, 2.24) is 4.98 Å². The molecule has 4 bridgehead atoms. The first-order valence-electron chi connectivity index (χ1n) is 21.7. The first-order valence-corrected chi connectivity index (χ1v) is 21.7. The first-order chi connectivity index (χ1) is 29.6. The Hall–Kier alpha value is -6.82. The lowest BCUT2D eigenvalue weighted by molar-refractivity contribution is -0.0399. The van der Waals surface area contributed by atoms with Gasteiger partial charge in [0.15, 0.2) is 5.69 Å². The zero-order chi connectivity index (χ0) is 39.8. The van der Waals surface area contributed by atoms with Crippen LogP contribution in [0.15, 0.2) is 182 Å². The van der Waals surface area contributed by atoms with Crippen molar-refractivity contribution < 1.29 is 0 Å². The number of hydrogen-bond donors (Lipinski definition) is 0. The van der Waals surface area contributed by atoms with Gasteiger partial charge in [-0.25, -0.2) is 9.83 Å². The lowest BCUT2D eigenvalue weighted by atomic mass is 9.43. The SMILES string of the molecule is [C-]#[N+]c1ccccc1-c1ccc(-c2ccc3c(c2)C2(c4cc(-c5cccc(-c6cc(-c7ccccc7)nc(-c7ccccc7)c6)c5)ccc4-3)C3CC4CC(C3)CC2C4)cc1.